The van der Waals surface area contributed by atoms with Gasteiger partial charge in [0.1, 0.15) is 5.15 Å². The van der Waals surface area contributed by atoms with Crippen molar-refractivity contribution >= 4 is 35.0 Å². The van der Waals surface area contributed by atoms with E-state index in [1.165, 1.54) is 11.3 Å². The van der Waals surface area contributed by atoms with Crippen LogP contribution in [0.1, 0.15) is 36.7 Å². The Bertz CT molecular complexity index is 1670. The van der Waals surface area contributed by atoms with Gasteiger partial charge in [-0.1, -0.05) is 71.5 Å². The van der Waals surface area contributed by atoms with E-state index < -0.39 is 12.0 Å². The van der Waals surface area contributed by atoms with Crippen molar-refractivity contribution in [3.8, 4) is 5.69 Å². The smallest absolute Gasteiger partial charge is 0.338 e. The van der Waals surface area contributed by atoms with Crippen LogP contribution in [0.5, 0.6) is 0 Å². The molecular formula is C27H23ClN4O3S. The summed E-state index contributed by atoms with van der Waals surface area (Å²) in [6, 6.07) is 18.4. The van der Waals surface area contributed by atoms with Crippen LogP contribution in [-0.2, 0) is 9.53 Å². The first-order chi connectivity index (χ1) is 17.4. The molecule has 0 saturated heterocycles. The van der Waals surface area contributed by atoms with E-state index in [1.54, 1.807) is 29.2 Å². The molecule has 2 aromatic heterocycles. The predicted molar refractivity (Wildman–Crippen MR) is 140 cm³/mol. The second-order valence-electron chi connectivity index (χ2n) is 8.25. The van der Waals surface area contributed by atoms with Crippen molar-refractivity contribution < 1.29 is 9.53 Å². The Morgan fingerprint density at radius 3 is 2.44 bits per heavy atom. The van der Waals surface area contributed by atoms with Crippen LogP contribution in [0.4, 0.5) is 0 Å². The molecule has 0 bridgehead atoms. The number of para-hydroxylation sites is 1. The lowest BCUT2D eigenvalue weighted by Crippen LogP contribution is -2.39. The standard InChI is InChI=1S/C27H23ClN4O3S/c1-4-35-26(34)22-17(3)29-27-31(23(22)18-11-7-5-8-12-18)25(33)21(36-27)15-20-16(2)30-32(24(20)28)19-13-9-6-10-14-19/h5-15,23H,4H2,1-3H3/t23-/m1/s1. The number of carbonyl (C=O) groups excluding carboxylic acids is 1. The van der Waals surface area contributed by atoms with E-state index in [0.29, 0.717) is 37.0 Å². The quantitative estimate of drug-likeness (QED) is 0.375. The van der Waals surface area contributed by atoms with Crippen LogP contribution >= 0.6 is 22.9 Å². The fraction of sp³-hybridized carbons (Fsp3) is 0.185. The van der Waals surface area contributed by atoms with Gasteiger partial charge in [-0.05, 0) is 44.5 Å². The van der Waals surface area contributed by atoms with Crippen LogP contribution < -0.4 is 14.9 Å². The molecule has 4 aromatic rings. The average molecular weight is 519 g/mol. The van der Waals surface area contributed by atoms with Crippen LogP contribution in [0.3, 0.4) is 0 Å². The number of ether oxygens (including phenoxy) is 1. The van der Waals surface area contributed by atoms with Crippen LogP contribution in [0.2, 0.25) is 5.15 Å². The largest absolute Gasteiger partial charge is 0.463 e. The number of thiazole rings is 1. The van der Waals surface area contributed by atoms with Crippen molar-refractivity contribution in [1.82, 2.24) is 14.3 Å². The number of fused-ring (bicyclic) bond motifs is 1. The van der Waals surface area contributed by atoms with E-state index in [9.17, 15) is 9.59 Å². The summed E-state index contributed by atoms with van der Waals surface area (Å²) in [7, 11) is 0. The maximum absolute atomic E-state index is 13.8. The molecule has 1 aliphatic heterocycles. The third-order valence-corrected chi connectivity index (χ3v) is 7.30. The Kier molecular flexibility index (Phi) is 6.47. The molecule has 3 heterocycles. The minimum absolute atomic E-state index is 0.227. The van der Waals surface area contributed by atoms with Gasteiger partial charge in [0, 0.05) is 5.56 Å². The van der Waals surface area contributed by atoms with Crippen LogP contribution in [0, 0.1) is 6.92 Å². The predicted octanol–water partition coefficient (Wildman–Crippen LogP) is 3.95. The van der Waals surface area contributed by atoms with Gasteiger partial charge in [0.25, 0.3) is 5.56 Å². The maximum Gasteiger partial charge on any atom is 0.338 e. The molecule has 9 heteroatoms. The van der Waals surface area contributed by atoms with Crippen LogP contribution in [-0.4, -0.2) is 26.9 Å². The number of nitrogens with zero attached hydrogens (tertiary/aromatic N) is 4. The summed E-state index contributed by atoms with van der Waals surface area (Å²) in [5.41, 5.74) is 3.60. The highest BCUT2D eigenvalue weighted by molar-refractivity contribution is 7.07. The zero-order valence-corrected chi connectivity index (χ0v) is 21.5. The lowest BCUT2D eigenvalue weighted by molar-refractivity contribution is -0.139. The summed E-state index contributed by atoms with van der Waals surface area (Å²) in [6.45, 7) is 5.60. The molecule has 0 aliphatic carbocycles. The molecule has 5 rings (SSSR count). The highest BCUT2D eigenvalue weighted by Gasteiger charge is 2.33. The van der Waals surface area contributed by atoms with Gasteiger partial charge >= 0.3 is 5.97 Å². The molecular weight excluding hydrogens is 496 g/mol. The van der Waals surface area contributed by atoms with Crippen molar-refractivity contribution in [3.05, 3.63) is 114 Å². The summed E-state index contributed by atoms with van der Waals surface area (Å²) in [4.78, 5) is 31.8. The Morgan fingerprint density at radius 1 is 1.11 bits per heavy atom. The first kappa shape index (κ1) is 24.0. The van der Waals surface area contributed by atoms with Crippen molar-refractivity contribution in [1.29, 1.82) is 0 Å². The zero-order chi connectivity index (χ0) is 25.4. The molecule has 0 saturated carbocycles. The van der Waals surface area contributed by atoms with Crippen LogP contribution in [0.25, 0.3) is 11.8 Å². The van der Waals surface area contributed by atoms with Crippen molar-refractivity contribution in [2.75, 3.05) is 6.61 Å². The van der Waals surface area contributed by atoms with Crippen molar-refractivity contribution in [2.24, 2.45) is 4.99 Å². The lowest BCUT2D eigenvalue weighted by Gasteiger charge is -2.24. The molecule has 0 N–H and O–H groups in total. The summed E-state index contributed by atoms with van der Waals surface area (Å²) in [5.74, 6) is -0.482. The lowest BCUT2D eigenvalue weighted by atomic mass is 9.96. The second kappa shape index (κ2) is 9.72. The fourth-order valence-corrected chi connectivity index (χ4v) is 5.64. The zero-order valence-electron chi connectivity index (χ0n) is 19.9. The number of benzene rings is 2. The number of rotatable bonds is 5. The fourth-order valence-electron chi connectivity index (χ4n) is 4.29. The normalized spacial score (nSPS) is 15.6. The molecule has 36 heavy (non-hydrogen) atoms. The number of halogens is 1. The molecule has 0 amide bonds. The van der Waals surface area contributed by atoms with Crippen molar-refractivity contribution in [3.63, 3.8) is 0 Å². The van der Waals surface area contributed by atoms with Crippen molar-refractivity contribution in [2.45, 2.75) is 26.8 Å². The number of hydrogen-bond donors (Lipinski definition) is 0. The van der Waals surface area contributed by atoms with Gasteiger partial charge < -0.3 is 4.74 Å². The summed E-state index contributed by atoms with van der Waals surface area (Å²) in [6.07, 6.45) is 1.75. The number of esters is 1. The third kappa shape index (κ3) is 4.12. The van der Waals surface area contributed by atoms with Gasteiger partial charge in [0.15, 0.2) is 4.80 Å². The molecule has 0 spiro atoms. The number of carbonyl (C=O) groups is 1. The molecule has 0 fully saturated rings. The second-order valence-corrected chi connectivity index (χ2v) is 9.62. The molecule has 0 unspecified atom stereocenters. The Morgan fingerprint density at radius 2 is 1.78 bits per heavy atom. The summed E-state index contributed by atoms with van der Waals surface area (Å²) < 4.78 is 9.00. The van der Waals surface area contributed by atoms with Gasteiger partial charge in [-0.3, -0.25) is 9.36 Å². The molecule has 2 aromatic carbocycles. The minimum Gasteiger partial charge on any atom is -0.463 e. The number of aryl methyl sites for hydroxylation is 1. The van der Waals surface area contributed by atoms with Gasteiger partial charge in [-0.2, -0.15) is 5.10 Å². The Labute approximate surface area is 216 Å². The van der Waals surface area contributed by atoms with Gasteiger partial charge in [0.05, 0.1) is 39.8 Å². The number of hydrogen-bond acceptors (Lipinski definition) is 6. The Balaban J connectivity index is 1.70. The third-order valence-electron chi connectivity index (χ3n) is 5.96. The molecule has 182 valence electrons. The highest BCUT2D eigenvalue weighted by atomic mass is 35.5. The van der Waals surface area contributed by atoms with E-state index >= 15 is 0 Å². The van der Waals surface area contributed by atoms with E-state index in [2.05, 4.69) is 10.1 Å². The van der Waals surface area contributed by atoms with E-state index in [-0.39, 0.29) is 12.2 Å². The summed E-state index contributed by atoms with van der Waals surface area (Å²) in [5, 5.41) is 4.98. The monoisotopic (exact) mass is 518 g/mol. The van der Waals surface area contributed by atoms with Gasteiger partial charge in [0.2, 0.25) is 0 Å². The Hall–Kier alpha value is -3.75. The van der Waals surface area contributed by atoms with Crippen LogP contribution in [0.15, 0.2) is 81.7 Å². The highest BCUT2D eigenvalue weighted by Crippen LogP contribution is 2.30. The molecule has 0 radical (unpaired) electrons. The number of aromatic nitrogens is 3. The SMILES string of the molecule is CCOC(=O)C1=C(C)N=c2sc(=Cc3c(C)nn(-c4ccccc4)c3Cl)c(=O)n2[C@@H]1c1ccccc1. The van der Waals surface area contributed by atoms with E-state index in [0.717, 1.165) is 11.3 Å². The number of allylic oxidation sites excluding steroid dienone is 1. The van der Waals surface area contributed by atoms with E-state index in [4.69, 9.17) is 16.3 Å². The van der Waals surface area contributed by atoms with Gasteiger partial charge in [-0.25, -0.2) is 14.5 Å². The molecule has 1 atom stereocenters. The summed E-state index contributed by atoms with van der Waals surface area (Å²) >= 11 is 7.97. The molecule has 1 aliphatic rings. The molecule has 7 nitrogen and oxygen atoms in total. The van der Waals surface area contributed by atoms with Gasteiger partial charge in [-0.15, -0.1) is 0 Å². The maximum atomic E-state index is 13.8. The average Bonchev–Trinajstić information content (AvgIpc) is 3.34. The first-order valence-electron chi connectivity index (χ1n) is 11.5. The topological polar surface area (TPSA) is 78.5 Å². The first-order valence-corrected chi connectivity index (χ1v) is 12.6. The minimum atomic E-state index is -0.646. The van der Waals surface area contributed by atoms with E-state index in [1.807, 2.05) is 67.6 Å².